The third-order valence-electron chi connectivity index (χ3n) is 8.09. The van der Waals surface area contributed by atoms with Crippen molar-refractivity contribution < 1.29 is 9.59 Å². The van der Waals surface area contributed by atoms with Crippen molar-refractivity contribution in [1.82, 2.24) is 19.8 Å². The van der Waals surface area contributed by atoms with Crippen molar-refractivity contribution in [3.63, 3.8) is 0 Å². The highest BCUT2D eigenvalue weighted by Crippen LogP contribution is 2.24. The maximum atomic E-state index is 14.5. The van der Waals surface area contributed by atoms with Crippen LogP contribution in [0.3, 0.4) is 0 Å². The third-order valence-corrected chi connectivity index (χ3v) is 8.32. The standard InChI is InChI=1S/C38H33ClN4O2/c39-36-19-15-29(25-41-36)16-20-37(44)43(26-30-13-17-32(18-14-30)34-12-6-7-22-40-34)35(24-28-8-2-1-3-9-28)38(45)42-23-21-31-10-4-5-11-33(31)27-42/h1-20,22,25,35H,21,23-24,26-27H2. The summed E-state index contributed by atoms with van der Waals surface area (Å²) in [6, 6.07) is 34.7. The van der Waals surface area contributed by atoms with Crippen LogP contribution in [0.4, 0.5) is 0 Å². The Bertz CT molecular complexity index is 1780. The maximum Gasteiger partial charge on any atom is 0.247 e. The van der Waals surface area contributed by atoms with Gasteiger partial charge in [0.2, 0.25) is 11.8 Å². The third kappa shape index (κ3) is 7.54. The fourth-order valence-corrected chi connectivity index (χ4v) is 5.78. The molecule has 1 atom stereocenters. The molecule has 0 bridgehead atoms. The van der Waals surface area contributed by atoms with Crippen molar-refractivity contribution in [1.29, 1.82) is 0 Å². The molecule has 6 rings (SSSR count). The monoisotopic (exact) mass is 612 g/mol. The Morgan fingerprint density at radius 3 is 2.31 bits per heavy atom. The van der Waals surface area contributed by atoms with Gasteiger partial charge in [-0.25, -0.2) is 4.98 Å². The molecule has 1 aliphatic rings. The highest BCUT2D eigenvalue weighted by Gasteiger charge is 2.34. The number of benzene rings is 3. The maximum absolute atomic E-state index is 14.5. The van der Waals surface area contributed by atoms with E-state index in [0.29, 0.717) is 24.7 Å². The number of rotatable bonds is 9. The van der Waals surface area contributed by atoms with Crippen LogP contribution in [0.5, 0.6) is 0 Å². The van der Waals surface area contributed by atoms with E-state index >= 15 is 0 Å². The van der Waals surface area contributed by atoms with Crippen LogP contribution in [0.25, 0.3) is 17.3 Å². The second kappa shape index (κ2) is 14.1. The SMILES string of the molecule is O=C(C(Cc1ccccc1)N(Cc1ccc(-c2ccccn2)cc1)C(=O)C=Cc1ccc(Cl)nc1)N1CCc2ccccc2C1. The van der Waals surface area contributed by atoms with Crippen molar-refractivity contribution in [2.75, 3.05) is 6.54 Å². The lowest BCUT2D eigenvalue weighted by molar-refractivity contribution is -0.144. The zero-order valence-electron chi connectivity index (χ0n) is 24.8. The van der Waals surface area contributed by atoms with Crippen LogP contribution in [0.2, 0.25) is 5.15 Å². The Balaban J connectivity index is 1.34. The minimum absolute atomic E-state index is 0.0617. The molecule has 1 aliphatic heterocycles. The van der Waals surface area contributed by atoms with E-state index in [1.54, 1.807) is 35.5 Å². The summed E-state index contributed by atoms with van der Waals surface area (Å²) in [5.74, 6) is -0.321. The lowest BCUT2D eigenvalue weighted by Gasteiger charge is -2.37. The lowest BCUT2D eigenvalue weighted by Crippen LogP contribution is -2.52. The second-order valence-corrected chi connectivity index (χ2v) is 11.5. The molecule has 2 amide bonds. The molecule has 0 radical (unpaired) electrons. The topological polar surface area (TPSA) is 66.4 Å². The van der Waals surface area contributed by atoms with Crippen LogP contribution < -0.4 is 0 Å². The van der Waals surface area contributed by atoms with Crippen LogP contribution in [0.15, 0.2) is 128 Å². The molecule has 3 heterocycles. The molecular formula is C38H33ClN4O2. The van der Waals surface area contributed by atoms with Gasteiger partial charge in [-0.15, -0.1) is 0 Å². The average Bonchev–Trinajstić information content (AvgIpc) is 3.10. The Morgan fingerprint density at radius 1 is 0.822 bits per heavy atom. The van der Waals surface area contributed by atoms with Crippen molar-refractivity contribution in [2.24, 2.45) is 0 Å². The number of hydrogen-bond donors (Lipinski definition) is 0. The Morgan fingerprint density at radius 2 is 1.58 bits per heavy atom. The molecule has 0 N–H and O–H groups in total. The number of hydrogen-bond acceptors (Lipinski definition) is 4. The first kappa shape index (κ1) is 30.0. The van der Waals surface area contributed by atoms with Gasteiger partial charge in [0.15, 0.2) is 0 Å². The van der Waals surface area contributed by atoms with E-state index in [0.717, 1.165) is 39.9 Å². The summed E-state index contributed by atoms with van der Waals surface area (Å²) in [5, 5.41) is 0.380. The van der Waals surface area contributed by atoms with Gasteiger partial charge in [0.05, 0.1) is 5.69 Å². The van der Waals surface area contributed by atoms with Crippen molar-refractivity contribution in [3.05, 3.63) is 161 Å². The number of carbonyl (C=O) groups excluding carboxylic acids is 2. The van der Waals surface area contributed by atoms with E-state index in [4.69, 9.17) is 11.6 Å². The molecule has 224 valence electrons. The average molecular weight is 613 g/mol. The Hall–Kier alpha value is -5.07. The number of aromatic nitrogens is 2. The van der Waals surface area contributed by atoms with Gasteiger partial charge in [-0.3, -0.25) is 14.6 Å². The van der Waals surface area contributed by atoms with E-state index in [2.05, 4.69) is 22.1 Å². The first-order valence-corrected chi connectivity index (χ1v) is 15.4. The molecular weight excluding hydrogens is 580 g/mol. The van der Waals surface area contributed by atoms with E-state index < -0.39 is 6.04 Å². The van der Waals surface area contributed by atoms with Gasteiger partial charge in [0, 0.05) is 50.1 Å². The van der Waals surface area contributed by atoms with Crippen LogP contribution in [0.1, 0.15) is 27.8 Å². The quantitative estimate of drug-likeness (QED) is 0.132. The highest BCUT2D eigenvalue weighted by molar-refractivity contribution is 6.29. The zero-order valence-corrected chi connectivity index (χ0v) is 25.6. The zero-order chi connectivity index (χ0) is 31.0. The van der Waals surface area contributed by atoms with Gasteiger partial charge in [0.25, 0.3) is 0 Å². The van der Waals surface area contributed by atoms with E-state index in [-0.39, 0.29) is 18.4 Å². The first-order chi connectivity index (χ1) is 22.0. The summed E-state index contributed by atoms with van der Waals surface area (Å²) >= 11 is 5.97. The van der Waals surface area contributed by atoms with E-state index in [9.17, 15) is 9.59 Å². The van der Waals surface area contributed by atoms with Gasteiger partial charge in [0.1, 0.15) is 11.2 Å². The Labute approximate surface area is 268 Å². The molecule has 45 heavy (non-hydrogen) atoms. The predicted molar refractivity (Wildman–Crippen MR) is 178 cm³/mol. The van der Waals surface area contributed by atoms with Gasteiger partial charge in [-0.1, -0.05) is 103 Å². The van der Waals surface area contributed by atoms with Crippen LogP contribution in [0, 0.1) is 0 Å². The highest BCUT2D eigenvalue weighted by atomic mass is 35.5. The Kier molecular flexibility index (Phi) is 9.42. The van der Waals surface area contributed by atoms with Gasteiger partial charge in [-0.2, -0.15) is 0 Å². The molecule has 0 saturated carbocycles. The predicted octanol–water partition coefficient (Wildman–Crippen LogP) is 7.04. The number of fused-ring (bicyclic) bond motifs is 1. The number of halogens is 1. The van der Waals surface area contributed by atoms with Crippen molar-refractivity contribution in [2.45, 2.75) is 32.0 Å². The summed E-state index contributed by atoms with van der Waals surface area (Å²) in [7, 11) is 0. The van der Waals surface area contributed by atoms with Crippen LogP contribution >= 0.6 is 11.6 Å². The first-order valence-electron chi connectivity index (χ1n) is 15.0. The minimum Gasteiger partial charge on any atom is -0.336 e. The molecule has 7 heteroatoms. The number of nitrogens with zero attached hydrogens (tertiary/aromatic N) is 4. The summed E-state index contributed by atoms with van der Waals surface area (Å²) in [5.41, 5.74) is 6.92. The van der Waals surface area contributed by atoms with Gasteiger partial charge in [-0.05, 0) is 58.5 Å². The van der Waals surface area contributed by atoms with Crippen LogP contribution in [-0.2, 0) is 35.5 Å². The van der Waals surface area contributed by atoms with E-state index in [1.165, 1.54) is 11.6 Å². The van der Waals surface area contributed by atoms with Crippen molar-refractivity contribution >= 4 is 29.5 Å². The normalized spacial score (nSPS) is 13.3. The molecule has 0 spiro atoms. The fraction of sp³-hybridized carbons (Fsp3) is 0.158. The van der Waals surface area contributed by atoms with Crippen LogP contribution in [-0.4, -0.2) is 44.2 Å². The summed E-state index contributed by atoms with van der Waals surface area (Å²) < 4.78 is 0. The number of amides is 2. The van der Waals surface area contributed by atoms with Gasteiger partial charge >= 0.3 is 0 Å². The number of pyridine rings is 2. The fourth-order valence-electron chi connectivity index (χ4n) is 5.66. The molecule has 0 aliphatic carbocycles. The minimum atomic E-state index is -0.714. The summed E-state index contributed by atoms with van der Waals surface area (Å²) in [6.45, 7) is 1.39. The van der Waals surface area contributed by atoms with Crippen molar-refractivity contribution in [3.8, 4) is 11.3 Å². The molecule has 1 unspecified atom stereocenters. The molecule has 3 aromatic carbocycles. The second-order valence-electron chi connectivity index (χ2n) is 11.1. The molecule has 0 fully saturated rings. The van der Waals surface area contributed by atoms with E-state index in [1.807, 2.05) is 89.8 Å². The molecule has 5 aromatic rings. The molecule has 6 nitrogen and oxygen atoms in total. The lowest BCUT2D eigenvalue weighted by atomic mass is 9.97. The summed E-state index contributed by atoms with van der Waals surface area (Å²) in [6.07, 6.45) is 7.79. The summed E-state index contributed by atoms with van der Waals surface area (Å²) in [4.78, 5) is 40.8. The number of carbonyl (C=O) groups is 2. The largest absolute Gasteiger partial charge is 0.336 e. The van der Waals surface area contributed by atoms with Gasteiger partial charge < -0.3 is 9.80 Å². The smallest absolute Gasteiger partial charge is 0.247 e. The molecule has 0 saturated heterocycles. The molecule has 2 aromatic heterocycles.